The quantitative estimate of drug-likeness (QED) is 0.671. The van der Waals surface area contributed by atoms with Crippen molar-refractivity contribution in [2.75, 3.05) is 17.6 Å². The van der Waals surface area contributed by atoms with E-state index in [1.54, 1.807) is 18.2 Å². The average molecular weight is 277 g/mol. The number of hydrogen-bond acceptors (Lipinski definition) is 5. The number of rotatable bonds is 2. The Bertz CT molecular complexity index is 564. The van der Waals surface area contributed by atoms with Crippen LogP contribution in [0.3, 0.4) is 0 Å². The molecule has 2 atom stereocenters. The molecule has 4 N–H and O–H groups in total. The molecule has 0 aliphatic carbocycles. The molecule has 20 heavy (non-hydrogen) atoms. The first-order chi connectivity index (χ1) is 9.56. The van der Waals surface area contributed by atoms with Crippen LogP contribution in [-0.4, -0.2) is 50.7 Å². The lowest BCUT2D eigenvalue weighted by atomic mass is 10.0. The summed E-state index contributed by atoms with van der Waals surface area (Å²) in [6, 6.07) is 3.62. The van der Waals surface area contributed by atoms with Gasteiger partial charge in [-0.15, -0.1) is 0 Å². The van der Waals surface area contributed by atoms with E-state index in [0.29, 0.717) is 36.1 Å². The zero-order chi connectivity index (χ0) is 14.3. The van der Waals surface area contributed by atoms with Gasteiger partial charge in [-0.1, -0.05) is 6.07 Å². The molecule has 1 aromatic heterocycles. The number of anilines is 2. The number of hydroxylamine groups is 2. The highest BCUT2D eigenvalue weighted by Gasteiger charge is 2.46. The summed E-state index contributed by atoms with van der Waals surface area (Å²) in [5, 5.41) is 12.9. The third-order valence-electron chi connectivity index (χ3n) is 3.67. The van der Waals surface area contributed by atoms with Crippen LogP contribution in [0, 0.1) is 0 Å². The fourth-order valence-electron chi connectivity index (χ4n) is 2.65. The molecule has 0 spiro atoms. The van der Waals surface area contributed by atoms with Crippen LogP contribution in [0.25, 0.3) is 0 Å². The molecule has 2 saturated heterocycles. The molecule has 3 amide bonds. The molecule has 106 valence electrons. The molecule has 3 rings (SSSR count). The van der Waals surface area contributed by atoms with Crippen molar-refractivity contribution in [1.82, 2.24) is 14.9 Å². The molecule has 0 radical (unpaired) electrons. The van der Waals surface area contributed by atoms with Gasteiger partial charge >= 0.3 is 6.03 Å². The Morgan fingerprint density at radius 3 is 3.00 bits per heavy atom. The largest absolute Gasteiger partial charge is 0.384 e. The number of amides is 3. The summed E-state index contributed by atoms with van der Waals surface area (Å²) in [5.41, 5.74) is 5.55. The molecule has 0 unspecified atom stereocenters. The van der Waals surface area contributed by atoms with Crippen molar-refractivity contribution in [3.05, 3.63) is 18.2 Å². The van der Waals surface area contributed by atoms with Gasteiger partial charge in [-0.3, -0.25) is 10.0 Å². The highest BCUT2D eigenvalue weighted by molar-refractivity contribution is 5.97. The molecule has 0 aromatic carbocycles. The number of aromatic nitrogens is 1. The zero-order valence-corrected chi connectivity index (χ0v) is 10.7. The van der Waals surface area contributed by atoms with Crippen LogP contribution in [0.4, 0.5) is 16.4 Å². The summed E-state index contributed by atoms with van der Waals surface area (Å²) < 4.78 is 0. The van der Waals surface area contributed by atoms with E-state index in [1.165, 1.54) is 4.90 Å². The van der Waals surface area contributed by atoms with Gasteiger partial charge in [-0.2, -0.15) is 0 Å². The zero-order valence-electron chi connectivity index (χ0n) is 10.7. The predicted octanol–water partition coefficient (Wildman–Crippen LogP) is 0.260. The number of nitrogen functional groups attached to an aromatic ring is 1. The van der Waals surface area contributed by atoms with Crippen molar-refractivity contribution in [2.24, 2.45) is 0 Å². The Kier molecular flexibility index (Phi) is 2.94. The van der Waals surface area contributed by atoms with Crippen LogP contribution < -0.4 is 11.1 Å². The minimum Gasteiger partial charge on any atom is -0.384 e. The summed E-state index contributed by atoms with van der Waals surface area (Å²) in [4.78, 5) is 29.4. The van der Waals surface area contributed by atoms with E-state index in [-0.39, 0.29) is 11.9 Å². The number of hydrogen-bond donors (Lipinski definition) is 3. The Morgan fingerprint density at radius 1 is 1.45 bits per heavy atom. The van der Waals surface area contributed by atoms with Crippen molar-refractivity contribution in [2.45, 2.75) is 24.9 Å². The van der Waals surface area contributed by atoms with E-state index < -0.39 is 12.1 Å². The maximum Gasteiger partial charge on any atom is 0.344 e. The molecule has 2 aliphatic rings. The lowest BCUT2D eigenvalue weighted by Crippen LogP contribution is -2.47. The third kappa shape index (κ3) is 2.03. The molecule has 8 heteroatoms. The monoisotopic (exact) mass is 277 g/mol. The van der Waals surface area contributed by atoms with Gasteiger partial charge in [0, 0.05) is 6.54 Å². The first-order valence-electron chi connectivity index (χ1n) is 6.38. The fourth-order valence-corrected chi connectivity index (χ4v) is 2.65. The highest BCUT2D eigenvalue weighted by Crippen LogP contribution is 2.28. The van der Waals surface area contributed by atoms with Gasteiger partial charge < -0.3 is 16.0 Å². The van der Waals surface area contributed by atoms with E-state index in [2.05, 4.69) is 10.3 Å². The van der Waals surface area contributed by atoms with Gasteiger partial charge in [0.25, 0.3) is 0 Å². The SMILES string of the molecule is Nc1cccc(NC(=O)[C@@H]2CC[C@@H]3CN2C(=O)N3O)n1. The molecule has 8 nitrogen and oxygen atoms in total. The number of nitrogens with one attached hydrogen (secondary N) is 1. The van der Waals surface area contributed by atoms with Gasteiger partial charge in [-0.25, -0.2) is 14.8 Å². The number of piperidine rings is 1. The first-order valence-corrected chi connectivity index (χ1v) is 6.38. The number of carbonyl (C=O) groups excluding carboxylic acids is 2. The average Bonchev–Trinajstić information content (AvgIpc) is 2.64. The topological polar surface area (TPSA) is 112 Å². The van der Waals surface area contributed by atoms with Crippen molar-refractivity contribution in [3.8, 4) is 0 Å². The van der Waals surface area contributed by atoms with Crippen LogP contribution in [0.2, 0.25) is 0 Å². The lowest BCUT2D eigenvalue weighted by Gasteiger charge is -2.29. The summed E-state index contributed by atoms with van der Waals surface area (Å²) in [6.07, 6.45) is 1.11. The van der Waals surface area contributed by atoms with Crippen molar-refractivity contribution < 1.29 is 14.8 Å². The maximum atomic E-state index is 12.2. The third-order valence-corrected chi connectivity index (χ3v) is 3.67. The van der Waals surface area contributed by atoms with Gasteiger partial charge in [0.2, 0.25) is 5.91 Å². The van der Waals surface area contributed by atoms with E-state index in [1.807, 2.05) is 0 Å². The van der Waals surface area contributed by atoms with Crippen LogP contribution in [0.15, 0.2) is 18.2 Å². The van der Waals surface area contributed by atoms with Crippen LogP contribution in [0.1, 0.15) is 12.8 Å². The van der Waals surface area contributed by atoms with Crippen molar-refractivity contribution in [3.63, 3.8) is 0 Å². The van der Waals surface area contributed by atoms with Crippen LogP contribution in [0.5, 0.6) is 0 Å². The number of pyridine rings is 1. The summed E-state index contributed by atoms with van der Waals surface area (Å²) in [7, 11) is 0. The van der Waals surface area contributed by atoms with Gasteiger partial charge in [-0.05, 0) is 25.0 Å². The summed E-state index contributed by atoms with van der Waals surface area (Å²) in [6.45, 7) is 0.373. The molecule has 2 fully saturated rings. The standard InChI is InChI=1S/C12H15N5O3/c13-9-2-1-3-10(14-9)15-11(18)8-5-4-7-6-16(8)12(19)17(7)20/h1-3,7-8,20H,4-6H2,(H3,13,14,15,18)/t7-,8+/m1/s1. The maximum absolute atomic E-state index is 12.2. The number of fused-ring (bicyclic) bond motifs is 2. The lowest BCUT2D eigenvalue weighted by molar-refractivity contribution is -0.120. The molecule has 0 saturated carbocycles. The normalized spacial score (nSPS) is 24.9. The van der Waals surface area contributed by atoms with E-state index >= 15 is 0 Å². The number of nitrogens with zero attached hydrogens (tertiary/aromatic N) is 3. The van der Waals surface area contributed by atoms with E-state index in [0.717, 1.165) is 0 Å². The Hall–Kier alpha value is -2.35. The van der Waals surface area contributed by atoms with Gasteiger partial charge in [0.1, 0.15) is 17.7 Å². The number of nitrogens with two attached hydrogens (primary N) is 1. The Labute approximate surface area is 115 Å². The van der Waals surface area contributed by atoms with Crippen LogP contribution in [-0.2, 0) is 4.79 Å². The van der Waals surface area contributed by atoms with Crippen molar-refractivity contribution in [1.29, 1.82) is 0 Å². The highest BCUT2D eigenvalue weighted by atomic mass is 16.5. The number of carbonyl (C=O) groups is 2. The number of urea groups is 1. The second-order valence-electron chi connectivity index (χ2n) is 4.96. The van der Waals surface area contributed by atoms with Crippen molar-refractivity contribution >= 4 is 23.6 Å². The molecular formula is C12H15N5O3. The predicted molar refractivity (Wildman–Crippen MR) is 69.8 cm³/mol. The van der Waals surface area contributed by atoms with E-state index in [4.69, 9.17) is 5.73 Å². The second kappa shape index (κ2) is 4.64. The smallest absolute Gasteiger partial charge is 0.344 e. The second-order valence-corrected chi connectivity index (χ2v) is 4.96. The Morgan fingerprint density at radius 2 is 2.25 bits per heavy atom. The Balaban J connectivity index is 1.73. The van der Waals surface area contributed by atoms with Crippen LogP contribution >= 0.6 is 0 Å². The summed E-state index contributed by atoms with van der Waals surface area (Å²) >= 11 is 0. The molecule has 1 aromatic rings. The molecule has 3 heterocycles. The first kappa shape index (κ1) is 12.7. The van der Waals surface area contributed by atoms with Gasteiger partial charge in [0.15, 0.2) is 0 Å². The van der Waals surface area contributed by atoms with E-state index in [9.17, 15) is 14.8 Å². The fraction of sp³-hybridized carbons (Fsp3) is 0.417. The van der Waals surface area contributed by atoms with Gasteiger partial charge in [0.05, 0.1) is 6.04 Å². The molecular weight excluding hydrogens is 262 g/mol. The summed E-state index contributed by atoms with van der Waals surface area (Å²) in [5.74, 6) is 0.347. The minimum atomic E-state index is -0.584. The molecule has 2 aliphatic heterocycles. The minimum absolute atomic E-state index is 0.211. The molecule has 2 bridgehead atoms.